The number of rotatable bonds is 6. The summed E-state index contributed by atoms with van der Waals surface area (Å²) in [6.07, 6.45) is 0. The van der Waals surface area contributed by atoms with Gasteiger partial charge in [-0.3, -0.25) is 14.5 Å². The molecule has 2 aromatic carbocycles. The molecule has 6 nitrogen and oxygen atoms in total. The fourth-order valence-corrected chi connectivity index (χ4v) is 3.81. The van der Waals surface area contributed by atoms with Crippen molar-refractivity contribution in [2.45, 2.75) is 53.5 Å². The highest BCUT2D eigenvalue weighted by Gasteiger charge is 2.46. The molecule has 0 saturated carbocycles. The molecule has 1 amide bonds. The lowest BCUT2D eigenvalue weighted by atomic mass is 9.82. The van der Waals surface area contributed by atoms with Gasteiger partial charge in [0.05, 0.1) is 18.2 Å². The summed E-state index contributed by atoms with van der Waals surface area (Å²) in [6, 6.07) is 11.4. The van der Waals surface area contributed by atoms with Gasteiger partial charge in [0.2, 0.25) is 0 Å². The van der Waals surface area contributed by atoms with Crippen molar-refractivity contribution in [1.29, 1.82) is 0 Å². The lowest BCUT2D eigenvalue weighted by Crippen LogP contribution is -2.32. The summed E-state index contributed by atoms with van der Waals surface area (Å²) in [7, 11) is 0. The Morgan fingerprint density at radius 2 is 1.72 bits per heavy atom. The van der Waals surface area contributed by atoms with Crippen molar-refractivity contribution in [3.8, 4) is 11.5 Å². The van der Waals surface area contributed by atoms with Crippen LogP contribution in [0.2, 0.25) is 0 Å². The third kappa shape index (κ3) is 4.22. The second-order valence-electron chi connectivity index (χ2n) is 9.33. The Bertz CT molecular complexity index is 1060. The Hall–Kier alpha value is -3.28. The zero-order valence-electron chi connectivity index (χ0n) is 19.5. The van der Waals surface area contributed by atoms with Crippen molar-refractivity contribution in [1.82, 2.24) is 0 Å². The number of aromatic hydroxyl groups is 1. The van der Waals surface area contributed by atoms with Crippen LogP contribution < -0.4 is 9.64 Å². The Balaban J connectivity index is 2.20. The van der Waals surface area contributed by atoms with Crippen LogP contribution in [0, 0.1) is 5.41 Å². The minimum absolute atomic E-state index is 0.0374. The van der Waals surface area contributed by atoms with E-state index in [-0.39, 0.29) is 22.9 Å². The Morgan fingerprint density at radius 1 is 1.09 bits per heavy atom. The molecule has 2 N–H and O–H groups in total. The number of benzene rings is 2. The van der Waals surface area contributed by atoms with Gasteiger partial charge in [-0.1, -0.05) is 52.8 Å². The first kappa shape index (κ1) is 23.4. The number of ether oxygens (including phenoxy) is 1. The van der Waals surface area contributed by atoms with Gasteiger partial charge in [-0.15, -0.1) is 0 Å². The largest absolute Gasteiger partial charge is 0.504 e. The standard InChI is InChI=1S/C26H31NO5/c1-7-32-20-14-17(10-13-19(20)28)22-21(24(30)26(4,5)6)23(29)25(31)27(22)18-11-8-16(9-12-18)15(2)3/h8-15,22,28-29H,7H2,1-6H3. The summed E-state index contributed by atoms with van der Waals surface area (Å²) in [5.41, 5.74) is 1.48. The maximum absolute atomic E-state index is 13.3. The van der Waals surface area contributed by atoms with Crippen molar-refractivity contribution >= 4 is 17.4 Å². The summed E-state index contributed by atoms with van der Waals surface area (Å²) in [6.45, 7) is 11.6. The van der Waals surface area contributed by atoms with Gasteiger partial charge in [-0.05, 0) is 48.2 Å². The molecular formula is C26H31NO5. The molecule has 0 bridgehead atoms. The molecule has 170 valence electrons. The number of hydrogen-bond donors (Lipinski definition) is 2. The van der Waals surface area contributed by atoms with Gasteiger partial charge in [-0.25, -0.2) is 0 Å². The molecule has 0 radical (unpaired) electrons. The smallest absolute Gasteiger partial charge is 0.294 e. The van der Waals surface area contributed by atoms with Crippen LogP contribution in [0.3, 0.4) is 0 Å². The number of carbonyl (C=O) groups excluding carboxylic acids is 2. The van der Waals surface area contributed by atoms with Crippen LogP contribution in [0.15, 0.2) is 53.8 Å². The Labute approximate surface area is 189 Å². The van der Waals surface area contributed by atoms with Crippen LogP contribution in [0.25, 0.3) is 0 Å². The quantitative estimate of drug-likeness (QED) is 0.629. The topological polar surface area (TPSA) is 87.1 Å². The minimum Gasteiger partial charge on any atom is -0.504 e. The number of carbonyl (C=O) groups is 2. The second-order valence-corrected chi connectivity index (χ2v) is 9.33. The van der Waals surface area contributed by atoms with Crippen LogP contribution in [0.4, 0.5) is 5.69 Å². The lowest BCUT2D eigenvalue weighted by molar-refractivity contribution is -0.123. The molecule has 1 aliphatic heterocycles. The summed E-state index contributed by atoms with van der Waals surface area (Å²) >= 11 is 0. The molecule has 0 saturated heterocycles. The zero-order chi connectivity index (χ0) is 23.8. The molecule has 0 aromatic heterocycles. The van der Waals surface area contributed by atoms with E-state index in [1.165, 1.54) is 11.0 Å². The van der Waals surface area contributed by atoms with Crippen molar-refractivity contribution in [3.63, 3.8) is 0 Å². The van der Waals surface area contributed by atoms with E-state index in [2.05, 4.69) is 13.8 Å². The van der Waals surface area contributed by atoms with E-state index in [0.717, 1.165) is 5.56 Å². The number of nitrogens with zero attached hydrogens (tertiary/aromatic N) is 1. The van der Waals surface area contributed by atoms with Crippen molar-refractivity contribution in [2.75, 3.05) is 11.5 Å². The molecule has 0 spiro atoms. The van der Waals surface area contributed by atoms with E-state index in [4.69, 9.17) is 4.74 Å². The highest BCUT2D eigenvalue weighted by molar-refractivity contribution is 6.17. The van der Waals surface area contributed by atoms with Crippen molar-refractivity contribution < 1.29 is 24.5 Å². The van der Waals surface area contributed by atoms with Gasteiger partial charge in [-0.2, -0.15) is 0 Å². The molecule has 32 heavy (non-hydrogen) atoms. The van der Waals surface area contributed by atoms with E-state index >= 15 is 0 Å². The molecule has 0 aliphatic carbocycles. The fourth-order valence-electron chi connectivity index (χ4n) is 3.81. The van der Waals surface area contributed by atoms with Crippen molar-refractivity contribution in [2.24, 2.45) is 5.41 Å². The maximum atomic E-state index is 13.3. The van der Waals surface area contributed by atoms with Crippen molar-refractivity contribution in [3.05, 3.63) is 64.9 Å². The monoisotopic (exact) mass is 437 g/mol. The first-order valence-electron chi connectivity index (χ1n) is 10.8. The molecule has 3 rings (SSSR count). The summed E-state index contributed by atoms with van der Waals surface area (Å²) in [4.78, 5) is 28.0. The number of aliphatic hydroxyl groups is 1. The molecule has 1 atom stereocenters. The summed E-state index contributed by atoms with van der Waals surface area (Å²) in [5.74, 6) is -0.962. The SMILES string of the molecule is CCOc1cc(C2C(C(=O)C(C)(C)C)=C(O)C(=O)N2c2ccc(C(C)C)cc2)ccc1O. The maximum Gasteiger partial charge on any atom is 0.294 e. The van der Waals surface area contributed by atoms with E-state index in [1.54, 1.807) is 39.8 Å². The van der Waals surface area contributed by atoms with E-state index in [0.29, 0.717) is 23.8 Å². The highest BCUT2D eigenvalue weighted by atomic mass is 16.5. The fraction of sp³-hybridized carbons (Fsp3) is 0.385. The number of phenols is 1. The predicted octanol–water partition coefficient (Wildman–Crippen LogP) is 5.43. The number of aliphatic hydroxyl groups excluding tert-OH is 1. The van der Waals surface area contributed by atoms with Gasteiger partial charge < -0.3 is 14.9 Å². The average molecular weight is 438 g/mol. The Morgan fingerprint density at radius 3 is 2.25 bits per heavy atom. The highest BCUT2D eigenvalue weighted by Crippen LogP contribution is 2.45. The lowest BCUT2D eigenvalue weighted by Gasteiger charge is -2.29. The number of phenolic OH excluding ortho intramolecular Hbond substituents is 1. The number of hydrogen-bond acceptors (Lipinski definition) is 5. The molecule has 0 fully saturated rings. The summed E-state index contributed by atoms with van der Waals surface area (Å²) < 4.78 is 5.52. The average Bonchev–Trinajstić information content (AvgIpc) is 2.99. The van der Waals surface area contributed by atoms with Crippen LogP contribution in [0.5, 0.6) is 11.5 Å². The summed E-state index contributed by atoms with van der Waals surface area (Å²) in [5, 5.41) is 21.0. The molecule has 6 heteroatoms. The first-order valence-corrected chi connectivity index (χ1v) is 10.8. The molecular weight excluding hydrogens is 406 g/mol. The van der Waals surface area contributed by atoms with E-state index < -0.39 is 23.1 Å². The van der Waals surface area contributed by atoms with Crippen LogP contribution in [-0.4, -0.2) is 28.5 Å². The number of ketones is 1. The van der Waals surface area contributed by atoms with Crippen LogP contribution in [0.1, 0.15) is 64.6 Å². The zero-order valence-corrected chi connectivity index (χ0v) is 19.5. The van der Waals surface area contributed by atoms with Gasteiger partial charge >= 0.3 is 0 Å². The third-order valence-corrected chi connectivity index (χ3v) is 5.57. The molecule has 1 aliphatic rings. The third-order valence-electron chi connectivity index (χ3n) is 5.57. The van der Waals surface area contributed by atoms with Gasteiger partial charge in [0, 0.05) is 11.1 Å². The molecule has 1 unspecified atom stereocenters. The molecule has 1 heterocycles. The van der Waals surface area contributed by atoms with E-state index in [1.807, 2.05) is 24.3 Å². The predicted molar refractivity (Wildman–Crippen MR) is 124 cm³/mol. The van der Waals surface area contributed by atoms with Gasteiger partial charge in [0.25, 0.3) is 5.91 Å². The van der Waals surface area contributed by atoms with E-state index in [9.17, 15) is 19.8 Å². The second kappa shape index (κ2) is 8.69. The van der Waals surface area contributed by atoms with Crippen LogP contribution in [-0.2, 0) is 9.59 Å². The number of amides is 1. The van der Waals surface area contributed by atoms with Gasteiger partial charge in [0.15, 0.2) is 23.0 Å². The van der Waals surface area contributed by atoms with Crippen LogP contribution >= 0.6 is 0 Å². The number of anilines is 1. The molecule has 2 aromatic rings. The first-order chi connectivity index (χ1) is 15.0. The minimum atomic E-state index is -0.848. The number of Topliss-reactive ketones (excluding diaryl/α,β-unsaturated/α-hetero) is 1. The van der Waals surface area contributed by atoms with Gasteiger partial charge in [0.1, 0.15) is 0 Å². The normalized spacial score (nSPS) is 16.8. The Kier molecular flexibility index (Phi) is 6.35.